The van der Waals surface area contributed by atoms with E-state index < -0.39 is 0 Å². The fourth-order valence-corrected chi connectivity index (χ4v) is 9.55. The minimum Gasteiger partial charge on any atom is -0.456 e. The van der Waals surface area contributed by atoms with E-state index in [1.165, 1.54) is 77.6 Å². The van der Waals surface area contributed by atoms with Crippen molar-refractivity contribution in [2.75, 3.05) is 0 Å². The van der Waals surface area contributed by atoms with Gasteiger partial charge in [0.1, 0.15) is 11.2 Å². The standard InChI is InChI=1S/C49H29NO/c1-2-12-32(13-3-1)50-45-21-11-7-17-36(45)39-26-30(23-25-46(39)50)31-22-24-37-40-28-38-35-16-6-10-20-43(35)49(44(38)29-48(40)51-47(37)27-31)41-18-8-4-14-33(41)34-15-5-9-19-42(34)49/h1-29H. The molecule has 2 heterocycles. The van der Waals surface area contributed by atoms with Gasteiger partial charge in [-0.3, -0.25) is 0 Å². The van der Waals surface area contributed by atoms with Gasteiger partial charge in [0.25, 0.3) is 0 Å². The Bertz CT molecular complexity index is 3040. The van der Waals surface area contributed by atoms with Gasteiger partial charge in [-0.15, -0.1) is 0 Å². The summed E-state index contributed by atoms with van der Waals surface area (Å²) in [6, 6.07) is 64.5. The Kier molecular flexibility index (Phi) is 5.20. The molecule has 12 rings (SSSR count). The van der Waals surface area contributed by atoms with Gasteiger partial charge in [-0.2, -0.15) is 0 Å². The zero-order valence-electron chi connectivity index (χ0n) is 27.6. The first-order chi connectivity index (χ1) is 25.3. The molecule has 10 aromatic rings. The average molecular weight is 648 g/mol. The molecule has 2 aliphatic rings. The van der Waals surface area contributed by atoms with E-state index in [9.17, 15) is 0 Å². The van der Waals surface area contributed by atoms with Gasteiger partial charge in [-0.05, 0) is 110 Å². The third kappa shape index (κ3) is 3.42. The molecule has 0 bridgehead atoms. The maximum absolute atomic E-state index is 6.83. The van der Waals surface area contributed by atoms with E-state index >= 15 is 0 Å². The van der Waals surface area contributed by atoms with Crippen molar-refractivity contribution in [1.29, 1.82) is 0 Å². The van der Waals surface area contributed by atoms with Crippen LogP contribution in [-0.2, 0) is 5.41 Å². The van der Waals surface area contributed by atoms with E-state index in [2.05, 4.69) is 180 Å². The van der Waals surface area contributed by atoms with Gasteiger partial charge in [0, 0.05) is 27.2 Å². The van der Waals surface area contributed by atoms with E-state index in [-0.39, 0.29) is 5.41 Å². The fourth-order valence-electron chi connectivity index (χ4n) is 9.55. The number of aromatic nitrogens is 1. The molecule has 2 aliphatic carbocycles. The predicted molar refractivity (Wildman–Crippen MR) is 210 cm³/mol. The first kappa shape index (κ1) is 27.2. The van der Waals surface area contributed by atoms with Gasteiger partial charge in [0.2, 0.25) is 0 Å². The highest BCUT2D eigenvalue weighted by atomic mass is 16.3. The van der Waals surface area contributed by atoms with E-state index in [1.807, 2.05) is 0 Å². The van der Waals surface area contributed by atoms with Crippen LogP contribution in [0, 0.1) is 0 Å². The van der Waals surface area contributed by atoms with Crippen LogP contribution in [0.3, 0.4) is 0 Å². The van der Waals surface area contributed by atoms with Crippen molar-refractivity contribution < 1.29 is 4.42 Å². The van der Waals surface area contributed by atoms with Crippen LogP contribution in [0.25, 0.3) is 82.8 Å². The molecule has 1 spiro atoms. The minimum absolute atomic E-state index is 0.383. The first-order valence-corrected chi connectivity index (χ1v) is 17.7. The van der Waals surface area contributed by atoms with Crippen LogP contribution in [0.15, 0.2) is 180 Å². The van der Waals surface area contributed by atoms with E-state index in [4.69, 9.17) is 4.42 Å². The van der Waals surface area contributed by atoms with Crippen LogP contribution in [0.5, 0.6) is 0 Å². The maximum Gasteiger partial charge on any atom is 0.136 e. The highest BCUT2D eigenvalue weighted by molar-refractivity contribution is 6.12. The summed E-state index contributed by atoms with van der Waals surface area (Å²) in [6.07, 6.45) is 0. The third-order valence-electron chi connectivity index (χ3n) is 11.6. The van der Waals surface area contributed by atoms with Crippen molar-refractivity contribution in [3.8, 4) is 39.1 Å². The minimum atomic E-state index is -0.383. The molecule has 0 amide bonds. The summed E-state index contributed by atoms with van der Waals surface area (Å²) >= 11 is 0. The molecule has 8 aromatic carbocycles. The molecule has 0 saturated heterocycles. The van der Waals surface area contributed by atoms with Crippen LogP contribution in [0.1, 0.15) is 22.3 Å². The molecule has 0 unspecified atom stereocenters. The first-order valence-electron chi connectivity index (χ1n) is 17.7. The molecule has 236 valence electrons. The summed E-state index contributed by atoms with van der Waals surface area (Å²) in [6.45, 7) is 0. The molecule has 0 aliphatic heterocycles. The van der Waals surface area contributed by atoms with Crippen LogP contribution < -0.4 is 0 Å². The molecule has 0 saturated carbocycles. The van der Waals surface area contributed by atoms with Gasteiger partial charge >= 0.3 is 0 Å². The van der Waals surface area contributed by atoms with Crippen molar-refractivity contribution in [3.63, 3.8) is 0 Å². The van der Waals surface area contributed by atoms with E-state index in [0.29, 0.717) is 0 Å². The molecule has 2 aromatic heterocycles. The lowest BCUT2D eigenvalue weighted by molar-refractivity contribution is 0.666. The zero-order valence-corrected chi connectivity index (χ0v) is 27.6. The molecular weight excluding hydrogens is 619 g/mol. The zero-order chi connectivity index (χ0) is 33.3. The lowest BCUT2D eigenvalue weighted by Gasteiger charge is -2.30. The Balaban J connectivity index is 1.06. The maximum atomic E-state index is 6.83. The summed E-state index contributed by atoms with van der Waals surface area (Å²) in [5, 5.41) is 4.79. The molecule has 0 atom stereocenters. The number of hydrogen-bond donors (Lipinski definition) is 0. The summed E-state index contributed by atoms with van der Waals surface area (Å²) in [5.74, 6) is 0. The van der Waals surface area contributed by atoms with Gasteiger partial charge < -0.3 is 8.98 Å². The van der Waals surface area contributed by atoms with Gasteiger partial charge in [0.15, 0.2) is 0 Å². The molecule has 0 N–H and O–H groups in total. The van der Waals surface area contributed by atoms with Crippen molar-refractivity contribution in [1.82, 2.24) is 4.57 Å². The molecule has 0 fully saturated rings. The second-order valence-corrected chi connectivity index (χ2v) is 14.0. The van der Waals surface area contributed by atoms with Crippen molar-refractivity contribution >= 4 is 43.7 Å². The highest BCUT2D eigenvalue weighted by Gasteiger charge is 2.51. The Labute approximate surface area is 294 Å². The van der Waals surface area contributed by atoms with Crippen LogP contribution in [0.4, 0.5) is 0 Å². The van der Waals surface area contributed by atoms with Crippen LogP contribution in [-0.4, -0.2) is 4.57 Å². The second kappa shape index (κ2) is 9.74. The second-order valence-electron chi connectivity index (χ2n) is 14.0. The molecule has 51 heavy (non-hydrogen) atoms. The number of furan rings is 1. The SMILES string of the molecule is c1ccc(-n2c3ccccc3c3cc(-c4ccc5c(c4)oc4cc6c(cc45)-c4ccccc4C64c5ccccc5-c5ccccc54)ccc32)cc1. The van der Waals surface area contributed by atoms with Crippen LogP contribution >= 0.6 is 0 Å². The Morgan fingerprint density at radius 3 is 1.67 bits per heavy atom. The predicted octanol–water partition coefficient (Wildman–Crippen LogP) is 12.7. The summed E-state index contributed by atoms with van der Waals surface area (Å²) in [4.78, 5) is 0. The monoisotopic (exact) mass is 647 g/mol. The summed E-state index contributed by atoms with van der Waals surface area (Å²) in [5.41, 5.74) is 17.9. The number of hydrogen-bond acceptors (Lipinski definition) is 1. The molecule has 2 nitrogen and oxygen atoms in total. The van der Waals surface area contributed by atoms with Crippen molar-refractivity contribution in [2.24, 2.45) is 0 Å². The Morgan fingerprint density at radius 2 is 0.922 bits per heavy atom. The number of rotatable bonds is 2. The van der Waals surface area contributed by atoms with Crippen molar-refractivity contribution in [2.45, 2.75) is 5.41 Å². The van der Waals surface area contributed by atoms with Gasteiger partial charge in [-0.25, -0.2) is 0 Å². The van der Waals surface area contributed by atoms with E-state index in [0.717, 1.165) is 27.5 Å². The largest absolute Gasteiger partial charge is 0.456 e. The quantitative estimate of drug-likeness (QED) is 0.183. The number of para-hydroxylation sites is 2. The lowest BCUT2D eigenvalue weighted by Crippen LogP contribution is -2.25. The molecule has 2 heteroatoms. The normalized spacial score (nSPS) is 13.6. The number of fused-ring (bicyclic) bond motifs is 16. The highest BCUT2D eigenvalue weighted by Crippen LogP contribution is 2.63. The number of benzene rings is 8. The fraction of sp³-hybridized carbons (Fsp3) is 0.0204. The van der Waals surface area contributed by atoms with Gasteiger partial charge in [-0.1, -0.05) is 121 Å². The molecular formula is C49H29NO. The lowest BCUT2D eigenvalue weighted by atomic mass is 9.70. The topological polar surface area (TPSA) is 18.1 Å². The third-order valence-corrected chi connectivity index (χ3v) is 11.6. The van der Waals surface area contributed by atoms with Gasteiger partial charge in [0.05, 0.1) is 16.4 Å². The Morgan fingerprint density at radius 1 is 0.353 bits per heavy atom. The molecule has 0 radical (unpaired) electrons. The van der Waals surface area contributed by atoms with Crippen LogP contribution in [0.2, 0.25) is 0 Å². The summed E-state index contributed by atoms with van der Waals surface area (Å²) in [7, 11) is 0. The van der Waals surface area contributed by atoms with E-state index in [1.54, 1.807) is 0 Å². The number of nitrogens with zero attached hydrogens (tertiary/aromatic N) is 1. The smallest absolute Gasteiger partial charge is 0.136 e. The average Bonchev–Trinajstić information content (AvgIpc) is 3.90. The summed E-state index contributed by atoms with van der Waals surface area (Å²) < 4.78 is 9.20. The van der Waals surface area contributed by atoms with Crippen molar-refractivity contribution in [3.05, 3.63) is 198 Å². The Hall–Kier alpha value is -6.64.